The molecule has 5 rings (SSSR count). The Morgan fingerprint density at radius 1 is 1.07 bits per heavy atom. The number of hydrogen-bond acceptors (Lipinski definition) is 11. The van der Waals surface area contributed by atoms with Crippen molar-refractivity contribution in [1.29, 1.82) is 0 Å². The molecule has 0 bridgehead atoms. The van der Waals surface area contributed by atoms with E-state index in [9.17, 15) is 15.0 Å². The third kappa shape index (κ3) is 5.48. The van der Waals surface area contributed by atoms with Crippen LogP contribution in [0.25, 0.3) is 11.5 Å². The molecule has 0 radical (unpaired) electrons. The summed E-state index contributed by atoms with van der Waals surface area (Å²) in [7, 11) is 0. The number of nitrogens with one attached hydrogen (secondary N) is 2. The summed E-state index contributed by atoms with van der Waals surface area (Å²) >= 11 is 0. The van der Waals surface area contributed by atoms with E-state index in [0.717, 1.165) is 12.0 Å². The average molecular weight is 559 g/mol. The molecule has 0 saturated carbocycles. The first-order valence-corrected chi connectivity index (χ1v) is 13.5. The number of amides is 1. The molecule has 1 amide bonds. The molecule has 0 spiro atoms. The first kappa shape index (κ1) is 28.1. The Balaban J connectivity index is 1.50. The Kier molecular flexibility index (Phi) is 7.45. The van der Waals surface area contributed by atoms with E-state index in [2.05, 4.69) is 30.8 Å². The zero-order valence-corrected chi connectivity index (χ0v) is 23.7. The Bertz CT molecular complexity index is 1550. The zero-order chi connectivity index (χ0) is 29.4. The van der Waals surface area contributed by atoms with Gasteiger partial charge in [0.15, 0.2) is 0 Å². The molecule has 4 heterocycles. The number of rotatable bonds is 10. The highest BCUT2D eigenvalue weighted by Gasteiger charge is 2.44. The van der Waals surface area contributed by atoms with E-state index in [1.54, 1.807) is 26.0 Å². The largest absolute Gasteiger partial charge is 0.417 e. The smallest absolute Gasteiger partial charge is 0.256 e. The van der Waals surface area contributed by atoms with Crippen LogP contribution in [0.2, 0.25) is 0 Å². The van der Waals surface area contributed by atoms with Crippen molar-refractivity contribution >= 4 is 23.5 Å². The fraction of sp³-hybridized carbons (Fsp3) is 0.379. The molecule has 0 saturated heterocycles. The minimum Gasteiger partial charge on any atom is -0.417 e. The van der Waals surface area contributed by atoms with Crippen LogP contribution in [0.4, 0.5) is 17.6 Å². The molecule has 0 fully saturated rings. The molecule has 12 heteroatoms. The number of aliphatic hydroxyl groups excluding tert-OH is 1. The van der Waals surface area contributed by atoms with Crippen LogP contribution in [0, 0.1) is 0 Å². The molecule has 1 aromatic carbocycles. The van der Waals surface area contributed by atoms with Gasteiger partial charge in [-0.2, -0.15) is 4.98 Å². The average Bonchev–Trinajstić information content (AvgIpc) is 3.51. The molecule has 41 heavy (non-hydrogen) atoms. The molecule has 4 N–H and O–H groups in total. The second-order valence-corrected chi connectivity index (χ2v) is 11.0. The van der Waals surface area contributed by atoms with Gasteiger partial charge in [-0.25, -0.2) is 9.97 Å². The van der Waals surface area contributed by atoms with Gasteiger partial charge < -0.3 is 30.2 Å². The molecule has 12 nitrogen and oxygen atoms in total. The summed E-state index contributed by atoms with van der Waals surface area (Å²) < 4.78 is 5.74. The maximum Gasteiger partial charge on any atom is 0.256 e. The highest BCUT2D eigenvalue weighted by Crippen LogP contribution is 2.38. The van der Waals surface area contributed by atoms with Gasteiger partial charge in [-0.1, -0.05) is 37.3 Å². The van der Waals surface area contributed by atoms with Gasteiger partial charge in [-0.15, -0.1) is 10.2 Å². The predicted octanol–water partition coefficient (Wildman–Crippen LogP) is 4.14. The van der Waals surface area contributed by atoms with E-state index in [4.69, 9.17) is 9.40 Å². The van der Waals surface area contributed by atoms with Gasteiger partial charge in [0.25, 0.3) is 11.8 Å². The molecule has 214 valence electrons. The third-order valence-electron chi connectivity index (χ3n) is 6.98. The Hall–Kier alpha value is -4.42. The summed E-state index contributed by atoms with van der Waals surface area (Å²) in [6.07, 6.45) is 2.36. The third-order valence-corrected chi connectivity index (χ3v) is 6.98. The van der Waals surface area contributed by atoms with Crippen molar-refractivity contribution in [3.8, 4) is 11.5 Å². The Labute approximate surface area is 237 Å². The van der Waals surface area contributed by atoms with Crippen molar-refractivity contribution in [3.05, 3.63) is 71.4 Å². The number of hydrogen-bond donors (Lipinski definition) is 4. The lowest BCUT2D eigenvalue weighted by Crippen LogP contribution is -2.39. The summed E-state index contributed by atoms with van der Waals surface area (Å²) in [6.45, 7) is 9.54. The molecule has 3 aromatic heterocycles. The molecule has 0 unspecified atom stereocenters. The summed E-state index contributed by atoms with van der Waals surface area (Å²) in [6, 6.07) is 12.4. The van der Waals surface area contributed by atoms with Crippen LogP contribution < -0.4 is 10.6 Å². The van der Waals surface area contributed by atoms with Crippen LogP contribution in [0.5, 0.6) is 0 Å². The minimum atomic E-state index is -1.33. The lowest BCUT2D eigenvalue weighted by atomic mass is 9.99. The van der Waals surface area contributed by atoms with Crippen LogP contribution in [0.15, 0.2) is 53.1 Å². The predicted molar refractivity (Wildman–Crippen MR) is 152 cm³/mol. The van der Waals surface area contributed by atoms with Crippen LogP contribution in [-0.2, 0) is 11.1 Å². The van der Waals surface area contributed by atoms with Crippen molar-refractivity contribution in [3.63, 3.8) is 0 Å². The quantitative estimate of drug-likeness (QED) is 0.221. The van der Waals surface area contributed by atoms with Crippen molar-refractivity contribution in [1.82, 2.24) is 30.0 Å². The van der Waals surface area contributed by atoms with Gasteiger partial charge in [0.1, 0.15) is 17.2 Å². The van der Waals surface area contributed by atoms with Gasteiger partial charge in [0.05, 0.1) is 35.0 Å². The zero-order valence-electron chi connectivity index (χ0n) is 23.7. The molecule has 1 atom stereocenters. The second-order valence-electron chi connectivity index (χ2n) is 11.0. The van der Waals surface area contributed by atoms with Gasteiger partial charge in [-0.05, 0) is 51.8 Å². The molecule has 0 aliphatic carbocycles. The Morgan fingerprint density at radius 2 is 1.83 bits per heavy atom. The lowest BCUT2D eigenvalue weighted by Gasteiger charge is -2.31. The number of pyridine rings is 1. The number of benzene rings is 1. The van der Waals surface area contributed by atoms with Crippen LogP contribution in [0.1, 0.15) is 74.6 Å². The maximum atomic E-state index is 13.0. The van der Waals surface area contributed by atoms with E-state index in [0.29, 0.717) is 35.0 Å². The number of aromatic nitrogens is 5. The molecular weight excluding hydrogens is 524 g/mol. The van der Waals surface area contributed by atoms with E-state index >= 15 is 0 Å². The molecule has 1 aliphatic rings. The number of carbonyl (C=O) groups is 1. The van der Waals surface area contributed by atoms with E-state index < -0.39 is 17.2 Å². The molecule has 4 aromatic rings. The minimum absolute atomic E-state index is 0.0288. The van der Waals surface area contributed by atoms with Crippen molar-refractivity contribution in [2.75, 3.05) is 23.8 Å². The van der Waals surface area contributed by atoms with Crippen LogP contribution >= 0.6 is 0 Å². The Morgan fingerprint density at radius 3 is 2.49 bits per heavy atom. The summed E-state index contributed by atoms with van der Waals surface area (Å²) in [5.74, 6) is 1.14. The van der Waals surface area contributed by atoms with Crippen LogP contribution in [0.3, 0.4) is 0 Å². The van der Waals surface area contributed by atoms with Gasteiger partial charge in [0.2, 0.25) is 11.8 Å². The van der Waals surface area contributed by atoms with E-state index in [1.807, 2.05) is 56.0 Å². The van der Waals surface area contributed by atoms with Crippen LogP contribution in [-0.4, -0.2) is 59.3 Å². The monoisotopic (exact) mass is 558 g/mol. The normalized spacial score (nSPS) is 15.1. The standard InChI is InChI=1S/C29H34N8O4/c1-6-14-37-25(39)18-12-13-21(32-22(18)28(37,2)3)33-27-30-15-19(24-35-36-26(41-24)29(4,5)40)23(34-27)31-20(16-38)17-10-8-7-9-11-17/h7-13,15,20,38,40H,6,14,16H2,1-5H3,(H2,30,31,32,33,34)/t20-/m1/s1. The maximum absolute atomic E-state index is 13.0. The summed E-state index contributed by atoms with van der Waals surface area (Å²) in [4.78, 5) is 28.7. The van der Waals surface area contributed by atoms with E-state index in [-0.39, 0.29) is 30.2 Å². The number of carbonyl (C=O) groups excluding carboxylic acids is 1. The topological polar surface area (TPSA) is 162 Å². The lowest BCUT2D eigenvalue weighted by molar-refractivity contribution is 0.0487. The van der Waals surface area contributed by atoms with Gasteiger partial charge in [0, 0.05) is 12.7 Å². The van der Waals surface area contributed by atoms with Gasteiger partial charge in [-0.3, -0.25) is 4.79 Å². The SMILES string of the molecule is CCCN1C(=O)c2ccc(Nc3ncc(-c4nnc(C(C)(C)O)o4)c(N[C@H](CO)c4ccccc4)n3)nc2C1(C)C. The fourth-order valence-corrected chi connectivity index (χ4v) is 4.79. The van der Waals surface area contributed by atoms with Crippen molar-refractivity contribution in [2.24, 2.45) is 0 Å². The van der Waals surface area contributed by atoms with Crippen molar-refractivity contribution < 1.29 is 19.4 Å². The fourth-order valence-electron chi connectivity index (χ4n) is 4.79. The van der Waals surface area contributed by atoms with Crippen molar-refractivity contribution in [2.45, 2.75) is 58.2 Å². The number of nitrogens with zero attached hydrogens (tertiary/aromatic N) is 6. The summed E-state index contributed by atoms with van der Waals surface area (Å²) in [5.41, 5.74) is 0.612. The van der Waals surface area contributed by atoms with E-state index in [1.165, 1.54) is 6.20 Å². The number of fused-ring (bicyclic) bond motifs is 1. The summed E-state index contributed by atoms with van der Waals surface area (Å²) in [5, 5.41) is 35.0. The molecular formula is C29H34N8O4. The van der Waals surface area contributed by atoms with Gasteiger partial charge >= 0.3 is 0 Å². The highest BCUT2D eigenvalue weighted by atomic mass is 16.4. The second kappa shape index (κ2) is 10.9. The number of aliphatic hydroxyl groups is 2. The first-order valence-electron chi connectivity index (χ1n) is 13.5. The highest BCUT2D eigenvalue weighted by molar-refractivity contribution is 5.99. The molecule has 1 aliphatic heterocycles. The number of anilines is 3. The first-order chi connectivity index (χ1) is 19.5.